The van der Waals surface area contributed by atoms with E-state index in [0.717, 1.165) is 23.3 Å². The lowest BCUT2D eigenvalue weighted by atomic mass is 10.2. The molecule has 0 radical (unpaired) electrons. The molecule has 0 saturated heterocycles. The number of carbonyl (C=O) groups is 2. The van der Waals surface area contributed by atoms with Gasteiger partial charge in [-0.3, -0.25) is 0 Å². The van der Waals surface area contributed by atoms with E-state index in [1.165, 1.54) is 0 Å². The maximum absolute atomic E-state index is 11.7. The molecule has 0 bridgehead atoms. The Morgan fingerprint density at radius 1 is 0.708 bits per heavy atom. The van der Waals surface area contributed by atoms with Gasteiger partial charge in [-0.05, 0) is 31.9 Å². The lowest BCUT2D eigenvalue weighted by Gasteiger charge is -2.11. The molecule has 0 aromatic heterocycles. The Morgan fingerprint density at radius 3 is 1.38 bits per heavy atom. The predicted molar refractivity (Wildman–Crippen MR) is 97.5 cm³/mol. The molecule has 0 amide bonds. The first-order chi connectivity index (χ1) is 11.6. The molecular weight excluding hydrogens is 440 g/mol. The van der Waals surface area contributed by atoms with Crippen LogP contribution in [0, 0.1) is 0 Å². The van der Waals surface area contributed by atoms with Crippen LogP contribution in [0.15, 0.2) is 72.8 Å². The summed E-state index contributed by atoms with van der Waals surface area (Å²) in [5, 5.41) is -1.17. The van der Waals surface area contributed by atoms with Crippen molar-refractivity contribution in [3.63, 3.8) is 0 Å². The van der Waals surface area contributed by atoms with Gasteiger partial charge in [0.05, 0.1) is 0 Å². The van der Waals surface area contributed by atoms with E-state index in [2.05, 4.69) is 31.9 Å². The third kappa shape index (κ3) is 5.94. The number of benzene rings is 2. The van der Waals surface area contributed by atoms with E-state index in [9.17, 15) is 9.59 Å². The molecule has 24 heavy (non-hydrogen) atoms. The Kier molecular flexibility index (Phi) is 7.21. The molecule has 2 atom stereocenters. The van der Waals surface area contributed by atoms with Gasteiger partial charge in [0.1, 0.15) is 0 Å². The highest BCUT2D eigenvalue weighted by molar-refractivity contribution is 9.09. The van der Waals surface area contributed by atoms with E-state index in [-0.39, 0.29) is 0 Å². The molecule has 0 spiro atoms. The molecule has 2 unspecified atom stereocenters. The van der Waals surface area contributed by atoms with Gasteiger partial charge in [-0.25, -0.2) is 9.59 Å². The highest BCUT2D eigenvalue weighted by atomic mass is 79.9. The second-order valence-corrected chi connectivity index (χ2v) is 6.32. The first-order valence-electron chi connectivity index (χ1n) is 7.03. The Bertz CT molecular complexity index is 640. The fourth-order valence-electron chi connectivity index (χ4n) is 1.76. The van der Waals surface area contributed by atoms with Gasteiger partial charge in [-0.2, -0.15) is 0 Å². The first-order valence-corrected chi connectivity index (χ1v) is 8.87. The Morgan fingerprint density at radius 2 is 1.04 bits per heavy atom. The van der Waals surface area contributed by atoms with Crippen LogP contribution < -0.4 is 0 Å². The van der Waals surface area contributed by atoms with Gasteiger partial charge in [0.2, 0.25) is 0 Å². The molecular formula is C18H14Br2O4. The molecule has 124 valence electrons. The average Bonchev–Trinajstić information content (AvgIpc) is 2.61. The number of hydrogen-bond acceptors (Lipinski definition) is 4. The van der Waals surface area contributed by atoms with Crippen LogP contribution in [-0.4, -0.2) is 11.9 Å². The van der Waals surface area contributed by atoms with E-state index < -0.39 is 22.0 Å². The maximum atomic E-state index is 11.7. The average molecular weight is 454 g/mol. The minimum atomic E-state index is -0.650. The summed E-state index contributed by atoms with van der Waals surface area (Å²) in [5.74, 6) is -1.30. The van der Waals surface area contributed by atoms with E-state index in [1.807, 2.05) is 60.7 Å². The molecule has 2 aromatic rings. The van der Waals surface area contributed by atoms with Crippen molar-refractivity contribution in [2.45, 2.75) is 10.0 Å². The number of hydrogen-bond donors (Lipinski definition) is 0. The molecule has 0 aliphatic heterocycles. The lowest BCUT2D eigenvalue weighted by Crippen LogP contribution is -2.07. The summed E-state index contributed by atoms with van der Waals surface area (Å²) in [6.07, 6.45) is 2.06. The monoisotopic (exact) mass is 452 g/mol. The van der Waals surface area contributed by atoms with Crippen molar-refractivity contribution in [3.8, 4) is 0 Å². The molecule has 0 aliphatic rings. The van der Waals surface area contributed by atoms with Crippen molar-refractivity contribution in [3.05, 3.63) is 83.9 Å². The summed E-state index contributed by atoms with van der Waals surface area (Å²) in [6.45, 7) is 0. The third-order valence-corrected chi connectivity index (χ3v) is 4.35. The van der Waals surface area contributed by atoms with Crippen LogP contribution >= 0.6 is 31.9 Å². The van der Waals surface area contributed by atoms with Crippen LogP contribution in [0.4, 0.5) is 0 Å². The second kappa shape index (κ2) is 9.39. The zero-order chi connectivity index (χ0) is 17.4. The molecule has 0 heterocycles. The minimum absolute atomic E-state index is 0.583. The van der Waals surface area contributed by atoms with Crippen LogP contribution in [0.5, 0.6) is 0 Å². The topological polar surface area (TPSA) is 52.6 Å². The van der Waals surface area contributed by atoms with E-state index in [1.54, 1.807) is 0 Å². The summed E-state index contributed by atoms with van der Waals surface area (Å²) < 4.78 is 10.3. The zero-order valence-electron chi connectivity index (χ0n) is 12.5. The van der Waals surface area contributed by atoms with E-state index >= 15 is 0 Å². The highest BCUT2D eigenvalue weighted by Gasteiger charge is 2.13. The van der Waals surface area contributed by atoms with Gasteiger partial charge >= 0.3 is 11.9 Å². The number of alkyl halides is 2. The fourth-order valence-corrected chi connectivity index (χ4v) is 2.74. The quantitative estimate of drug-likeness (QED) is 0.357. The van der Waals surface area contributed by atoms with Crippen molar-refractivity contribution in [1.29, 1.82) is 0 Å². The number of ether oxygens (including phenoxy) is 2. The Balaban J connectivity index is 1.83. The predicted octanol–water partition coefficient (Wildman–Crippen LogP) is 4.82. The molecule has 0 aliphatic carbocycles. The van der Waals surface area contributed by atoms with Crippen molar-refractivity contribution >= 4 is 43.8 Å². The van der Waals surface area contributed by atoms with Gasteiger partial charge in [-0.15, -0.1) is 0 Å². The van der Waals surface area contributed by atoms with Gasteiger partial charge < -0.3 is 9.47 Å². The van der Waals surface area contributed by atoms with Gasteiger partial charge in [0, 0.05) is 23.3 Å². The van der Waals surface area contributed by atoms with Crippen molar-refractivity contribution < 1.29 is 19.1 Å². The largest absolute Gasteiger partial charge is 0.443 e. The van der Waals surface area contributed by atoms with Gasteiger partial charge in [0.25, 0.3) is 0 Å². The van der Waals surface area contributed by atoms with Crippen LogP contribution in [0.1, 0.15) is 21.2 Å². The molecule has 2 aromatic carbocycles. The second-order valence-electron chi connectivity index (χ2n) is 4.66. The number of esters is 2. The summed E-state index contributed by atoms with van der Waals surface area (Å²) in [6, 6.07) is 18.4. The summed E-state index contributed by atoms with van der Waals surface area (Å²) in [4.78, 5) is 23.5. The first kappa shape index (κ1) is 18.4. The molecule has 0 saturated carbocycles. The Labute approximate surface area is 156 Å². The summed E-state index contributed by atoms with van der Waals surface area (Å²) >= 11 is 6.53. The fraction of sp³-hybridized carbons (Fsp3) is 0.111. The van der Waals surface area contributed by atoms with Crippen LogP contribution in [-0.2, 0) is 19.1 Å². The standard InChI is InChI=1S/C18H14Br2O4/c19-17(13-7-3-1-4-8-13)23-15(21)11-12-16(22)24-18(20)14-9-5-2-6-10-14/h1-12,17-18H/b12-11+. The highest BCUT2D eigenvalue weighted by Crippen LogP contribution is 2.25. The SMILES string of the molecule is O=C(/C=C/C(=O)OC(Br)c1ccccc1)OC(Br)c1ccccc1. The number of rotatable bonds is 6. The normalized spacial score (nSPS) is 13.2. The maximum Gasteiger partial charge on any atom is 0.332 e. The summed E-state index contributed by atoms with van der Waals surface area (Å²) in [5.41, 5.74) is 1.60. The molecule has 0 fully saturated rings. The van der Waals surface area contributed by atoms with Gasteiger partial charge in [0.15, 0.2) is 10.0 Å². The Hall–Kier alpha value is -1.92. The minimum Gasteiger partial charge on any atom is -0.443 e. The summed E-state index contributed by atoms with van der Waals surface area (Å²) in [7, 11) is 0. The van der Waals surface area contributed by atoms with Crippen molar-refractivity contribution in [1.82, 2.24) is 0 Å². The molecule has 4 nitrogen and oxygen atoms in total. The smallest absolute Gasteiger partial charge is 0.332 e. The lowest BCUT2D eigenvalue weighted by molar-refractivity contribution is -0.141. The van der Waals surface area contributed by atoms with Crippen LogP contribution in [0.3, 0.4) is 0 Å². The van der Waals surface area contributed by atoms with Crippen molar-refractivity contribution in [2.24, 2.45) is 0 Å². The molecule has 6 heteroatoms. The van der Waals surface area contributed by atoms with E-state index in [0.29, 0.717) is 0 Å². The van der Waals surface area contributed by atoms with E-state index in [4.69, 9.17) is 9.47 Å². The van der Waals surface area contributed by atoms with Gasteiger partial charge in [-0.1, -0.05) is 60.7 Å². The third-order valence-electron chi connectivity index (χ3n) is 2.92. The number of halogens is 2. The molecule has 0 N–H and O–H groups in total. The van der Waals surface area contributed by atoms with Crippen LogP contribution in [0.2, 0.25) is 0 Å². The zero-order valence-corrected chi connectivity index (χ0v) is 15.6. The van der Waals surface area contributed by atoms with Crippen LogP contribution in [0.25, 0.3) is 0 Å². The molecule has 2 rings (SSSR count). The van der Waals surface area contributed by atoms with Crippen molar-refractivity contribution in [2.75, 3.05) is 0 Å². The number of carbonyl (C=O) groups excluding carboxylic acids is 2.